The Morgan fingerprint density at radius 2 is 1.32 bits per heavy atom. The second-order valence-corrected chi connectivity index (χ2v) is 34.3. The van der Waals surface area contributed by atoms with E-state index in [1.807, 2.05) is 63.2 Å². The predicted molar refractivity (Wildman–Crippen MR) is 464 cm³/mol. The van der Waals surface area contributed by atoms with Crippen LogP contribution in [0.3, 0.4) is 0 Å². The number of amides is 8. The minimum Gasteiger partial charge on any atom is -0.507 e. The number of hydrogen-bond acceptors (Lipinski definition) is 31. The van der Waals surface area contributed by atoms with Crippen molar-refractivity contribution in [3.05, 3.63) is 164 Å². The number of aromatic hydroxyl groups is 3. The van der Waals surface area contributed by atoms with Gasteiger partial charge in [-0.1, -0.05) is 112 Å². The molecule has 11 bridgehead atoms. The highest BCUT2D eigenvalue weighted by Gasteiger charge is 2.53. The number of hydrogen-bond donors (Lipinski definition) is 26. The number of halogens is 2. The molecule has 0 aromatic heterocycles. The number of likely N-dealkylation sites (N-methyl/N-ethyl adjacent to an activating group) is 1. The average molecular weight is 1870 g/mol. The zero-order chi connectivity index (χ0) is 95.0. The second kappa shape index (κ2) is 42.5. The van der Waals surface area contributed by atoms with Crippen LogP contribution in [0.5, 0.6) is 46.0 Å². The smallest absolute Gasteiger partial charge is 0.330 e. The minimum atomic E-state index is -2.43. The van der Waals surface area contributed by atoms with Crippen molar-refractivity contribution in [1.29, 1.82) is 0 Å². The van der Waals surface area contributed by atoms with Gasteiger partial charge in [0, 0.05) is 41.9 Å². The molecule has 22 atom stereocenters. The number of aliphatic hydroxyl groups excluding tert-OH is 11. The number of benzene rings is 7. The summed E-state index contributed by atoms with van der Waals surface area (Å²) in [5, 5.41) is 197. The first kappa shape index (κ1) is 98.8. The van der Waals surface area contributed by atoms with Crippen LogP contribution in [0, 0.1) is 11.8 Å². The molecule has 42 heteroatoms. The number of fused-ring (bicyclic) bond motifs is 16. The lowest BCUT2D eigenvalue weighted by molar-refractivity contribution is -0.299. The highest BCUT2D eigenvalue weighted by Crippen LogP contribution is 2.51. The fourth-order valence-corrected chi connectivity index (χ4v) is 17.4. The molecule has 40 nitrogen and oxygen atoms in total. The van der Waals surface area contributed by atoms with E-state index in [9.17, 15) is 95.8 Å². The van der Waals surface area contributed by atoms with Crippen molar-refractivity contribution in [2.75, 3.05) is 33.4 Å². The summed E-state index contributed by atoms with van der Waals surface area (Å²) in [6.45, 7) is 4.68. The molecule has 7 aromatic rings. The summed E-state index contributed by atoms with van der Waals surface area (Å²) in [4.78, 5) is 133. The summed E-state index contributed by atoms with van der Waals surface area (Å²) in [6.07, 6.45) is -24.8. The van der Waals surface area contributed by atoms with Crippen LogP contribution in [0.4, 0.5) is 0 Å². The van der Waals surface area contributed by atoms with Crippen LogP contribution in [-0.4, -0.2) is 260 Å². The Kier molecular flexibility index (Phi) is 32.1. The summed E-state index contributed by atoms with van der Waals surface area (Å²) in [5.74, 6) is -18.6. The molecule has 14 rings (SSSR count). The normalized spacial score (nSPS) is 26.4. The molecule has 7 aliphatic rings. The van der Waals surface area contributed by atoms with E-state index in [1.54, 1.807) is 6.92 Å². The monoisotopic (exact) mass is 1860 g/mol. The van der Waals surface area contributed by atoms with Gasteiger partial charge in [-0.3, -0.25) is 38.4 Å². The maximum atomic E-state index is 16.5. The van der Waals surface area contributed by atoms with Gasteiger partial charge >= 0.3 is 5.97 Å². The van der Waals surface area contributed by atoms with Crippen molar-refractivity contribution in [1.82, 2.24) is 53.2 Å². The first-order chi connectivity index (χ1) is 62.3. The van der Waals surface area contributed by atoms with Crippen LogP contribution in [-0.2, 0) is 65.7 Å². The van der Waals surface area contributed by atoms with Crippen LogP contribution in [0.1, 0.15) is 135 Å². The SMILES string of the molecule is CCC1(NCc2cccc3ccccc23)C[C@H](O[C@@H]2C(O)C(O)[C@@H](CO)O[C@H]2Oc2c3cc4cc2Oc2ccc(cc2Cl)[C@@H](O)[C@@H](NC(=O)[C@@H](CC(C)C)NC)C(=O)NC(CC(N)=O)C(=O)N[C@H]4C(=O)N[C@H]2C(=O)N[C@H](C(=O)N[C@H](C(=O)O)c4cc(O)c(CNCCCNC(=O)[C@H](O)[C@@H](O)[C@H](O)[C@H](O)CO)c(O)c4-c4cc2ccc4O)[C@H](O)c2ccc(c(Cl)c2)O3)C[C@@H](C)[C@H]1O. The Hall–Kier alpha value is -11.2. The van der Waals surface area contributed by atoms with E-state index in [0.717, 1.165) is 77.0 Å². The van der Waals surface area contributed by atoms with E-state index < -0.39 is 291 Å². The number of aliphatic hydroxyl groups is 11. The van der Waals surface area contributed by atoms with E-state index in [2.05, 4.69) is 53.2 Å². The van der Waals surface area contributed by atoms with Crippen molar-refractivity contribution in [2.24, 2.45) is 17.6 Å². The van der Waals surface area contributed by atoms with Crippen LogP contribution in [0.15, 0.2) is 115 Å². The highest BCUT2D eigenvalue weighted by molar-refractivity contribution is 6.32. The molecule has 0 spiro atoms. The molecule has 0 radical (unpaired) electrons. The molecule has 7 aromatic carbocycles. The lowest BCUT2D eigenvalue weighted by atomic mass is 9.70. The zero-order valence-corrected chi connectivity index (χ0v) is 72.9. The van der Waals surface area contributed by atoms with Crippen LogP contribution >= 0.6 is 23.2 Å². The van der Waals surface area contributed by atoms with Crippen molar-refractivity contribution in [3.63, 3.8) is 0 Å². The molecule has 6 aliphatic heterocycles. The van der Waals surface area contributed by atoms with E-state index in [-0.39, 0.29) is 73.1 Å². The number of phenolic OH excluding ortho intramolecular Hbond substituents is 3. The Labute approximate surface area is 759 Å². The van der Waals surface area contributed by atoms with Crippen LogP contribution in [0.2, 0.25) is 10.0 Å². The molecule has 131 heavy (non-hydrogen) atoms. The Morgan fingerprint density at radius 3 is 1.95 bits per heavy atom. The predicted octanol–water partition coefficient (Wildman–Crippen LogP) is 0.176. The third-order valence-electron chi connectivity index (χ3n) is 24.1. The zero-order valence-electron chi connectivity index (χ0n) is 71.4. The number of ether oxygens (including phenoxy) is 5. The van der Waals surface area contributed by atoms with E-state index in [4.69, 9.17) is 52.6 Å². The molecule has 1 saturated carbocycles. The Bertz CT molecular complexity index is 5410. The number of carboxylic acid groups (broad SMARTS) is 1. The van der Waals surface area contributed by atoms with Crippen molar-refractivity contribution >= 4 is 87.2 Å². The van der Waals surface area contributed by atoms with Gasteiger partial charge in [0.1, 0.15) is 114 Å². The quantitative estimate of drug-likeness (QED) is 0.0291. The molecule has 1 aliphatic carbocycles. The average Bonchev–Trinajstić information content (AvgIpc) is 0.750. The van der Waals surface area contributed by atoms with Gasteiger partial charge in [0.15, 0.2) is 23.6 Å². The van der Waals surface area contributed by atoms with Crippen molar-refractivity contribution < 1.29 is 143 Å². The molecule has 4 unspecified atom stereocenters. The van der Waals surface area contributed by atoms with Gasteiger partial charge in [0.25, 0.3) is 5.91 Å². The number of phenols is 3. The van der Waals surface area contributed by atoms with Gasteiger partial charge in [-0.15, -0.1) is 0 Å². The summed E-state index contributed by atoms with van der Waals surface area (Å²) >= 11 is 14.4. The molecule has 8 amide bonds. The van der Waals surface area contributed by atoms with Gasteiger partial charge in [-0.25, -0.2) is 4.79 Å². The van der Waals surface area contributed by atoms with Gasteiger partial charge in [0.05, 0.1) is 53.5 Å². The molecular formula is C89H107Cl2N11O29. The lowest BCUT2D eigenvalue weighted by Gasteiger charge is -2.50. The first-order valence-electron chi connectivity index (χ1n) is 42.4. The number of primary amides is 1. The van der Waals surface area contributed by atoms with Crippen LogP contribution < -0.4 is 73.1 Å². The fourth-order valence-electron chi connectivity index (χ4n) is 16.9. The number of rotatable bonds is 28. The minimum absolute atomic E-state index is 0.0133. The lowest BCUT2D eigenvalue weighted by Crippen LogP contribution is -2.64. The van der Waals surface area contributed by atoms with Crippen molar-refractivity contribution in [3.8, 4) is 57.1 Å². The number of carboxylic acids is 1. The third-order valence-corrected chi connectivity index (χ3v) is 24.7. The number of nitrogens with one attached hydrogen (secondary N) is 10. The van der Waals surface area contributed by atoms with Gasteiger partial charge in [-0.05, 0) is 151 Å². The summed E-state index contributed by atoms with van der Waals surface area (Å²) < 4.78 is 33.8. The summed E-state index contributed by atoms with van der Waals surface area (Å²) in [7, 11) is 1.46. The topological polar surface area (TPSA) is 650 Å². The standard InChI is InChI=1S/C89H107Cl2N11O29/c1-6-89(96-33-43-13-9-12-39-11-7-8-14-46(39)43)32-45(24-38(4)79(89)117)127-78-75(115)73(113)61(36-104)130-88(78)131-77-59-28-44-29-60(77)129-58-20-17-42(27-51(58)91)70(110)68-85(123)100-66(87(125)126)48-30-55(106)49(34-94-21-10-22-95-86(124)76(116)74(114)72(112)56(107)35-103)71(111)63(48)47-25-40(15-18-54(47)105)64(82(120)102-68)99-83(121)65(44)98-81(119)53(31-62(92)108)97-84(122)67(101-80(118)52(93-5)23-37(2)3)69(109)41-16-19-57(128-59)50(90)26-41/h7-9,11-20,25-30,37-38,45,52-53,56,61,64-70,72-76,78-79,88,93-94,96,103-107,109-117H,6,10,21-24,31-36H2,1-5H3,(H2,92,108)(H,95,124)(H,97,122)(H,98,119)(H,99,121)(H,100,123)(H,101,118)(H,102,120)(H,125,126)/t38-,45-,52-,53?,56-,61-,64-,65-,66+,67-,68+,69-,70-,72-,73?,74+,75?,76-,78-,79-,88+,89?/m1/s1. The van der Waals surface area contributed by atoms with E-state index in [1.165, 1.54) is 19.2 Å². The maximum absolute atomic E-state index is 16.5. The summed E-state index contributed by atoms with van der Waals surface area (Å²) in [5.41, 5.74) is 1.83. The van der Waals surface area contributed by atoms with Crippen LogP contribution in [0.25, 0.3) is 21.9 Å². The number of carbonyl (C=O) groups excluding carboxylic acids is 8. The molecule has 6 heterocycles. The Morgan fingerprint density at radius 1 is 0.679 bits per heavy atom. The maximum Gasteiger partial charge on any atom is 0.330 e. The largest absolute Gasteiger partial charge is 0.507 e. The van der Waals surface area contributed by atoms with E-state index in [0.29, 0.717) is 6.42 Å². The molecule has 27 N–H and O–H groups in total. The van der Waals surface area contributed by atoms with Crippen molar-refractivity contribution in [2.45, 2.75) is 207 Å². The third kappa shape index (κ3) is 21.9. The second-order valence-electron chi connectivity index (χ2n) is 33.5. The molecule has 2 fully saturated rings. The molecule has 706 valence electrons. The number of nitrogens with two attached hydrogens (primary N) is 1. The van der Waals surface area contributed by atoms with Gasteiger partial charge in [-0.2, -0.15) is 0 Å². The number of carbonyl (C=O) groups is 9. The van der Waals surface area contributed by atoms with Gasteiger partial charge in [0.2, 0.25) is 53.4 Å². The summed E-state index contributed by atoms with van der Waals surface area (Å²) in [6, 6.07) is 11.4. The molecular weight excluding hydrogens is 1760 g/mol. The first-order valence-corrected chi connectivity index (χ1v) is 43.1. The van der Waals surface area contributed by atoms with E-state index >= 15 is 24.0 Å². The molecule has 1 saturated heterocycles. The Balaban J connectivity index is 1.02. The highest BCUT2D eigenvalue weighted by atomic mass is 35.5. The number of aliphatic carboxylic acids is 1. The van der Waals surface area contributed by atoms with Gasteiger partial charge < -0.3 is 159 Å². The fraction of sp³-hybridized carbons (Fsp3) is 0.449.